The second-order valence-electron chi connectivity index (χ2n) is 10.7. The Morgan fingerprint density at radius 3 is 2.14 bits per heavy atom. The maximum Gasteiger partial charge on any atom is 0.416 e. The normalized spacial score (nSPS) is 18.7. The fourth-order valence-electron chi connectivity index (χ4n) is 4.92. The van der Waals surface area contributed by atoms with Crippen molar-refractivity contribution in [2.24, 2.45) is 16.9 Å². The Kier molecular flexibility index (Phi) is 8.81. The first-order valence-corrected chi connectivity index (χ1v) is 13.5. The smallest absolute Gasteiger partial charge is 0.373 e. The molecule has 0 radical (unpaired) electrons. The molecule has 1 aromatic heterocycles. The van der Waals surface area contributed by atoms with Crippen LogP contribution in [0.1, 0.15) is 55.0 Å². The van der Waals surface area contributed by atoms with E-state index < -0.39 is 23.5 Å². The summed E-state index contributed by atoms with van der Waals surface area (Å²) in [6.45, 7) is 6.86. The number of hydrazone groups is 1. The molecule has 1 aromatic carbocycles. The average molecular weight is 600 g/mol. The van der Waals surface area contributed by atoms with Gasteiger partial charge in [0.15, 0.2) is 0 Å². The highest BCUT2D eigenvalue weighted by molar-refractivity contribution is 6.01. The lowest BCUT2D eigenvalue weighted by atomic mass is 10.0. The van der Waals surface area contributed by atoms with Gasteiger partial charge < -0.3 is 20.5 Å². The molecule has 230 valence electrons. The summed E-state index contributed by atoms with van der Waals surface area (Å²) in [5, 5.41) is 16.9. The van der Waals surface area contributed by atoms with E-state index in [-0.39, 0.29) is 36.4 Å². The van der Waals surface area contributed by atoms with Gasteiger partial charge in [-0.15, -0.1) is 10.2 Å². The van der Waals surface area contributed by atoms with Crippen LogP contribution in [0.5, 0.6) is 0 Å². The van der Waals surface area contributed by atoms with Crippen LogP contribution >= 0.6 is 0 Å². The van der Waals surface area contributed by atoms with E-state index in [2.05, 4.69) is 33.2 Å². The zero-order valence-corrected chi connectivity index (χ0v) is 24.0. The fourth-order valence-corrected chi connectivity index (χ4v) is 4.92. The number of anilines is 2. The van der Waals surface area contributed by atoms with Gasteiger partial charge in [0.1, 0.15) is 11.6 Å². The molecule has 0 spiro atoms. The highest BCUT2D eigenvalue weighted by atomic mass is 19.4. The molecule has 1 saturated carbocycles. The van der Waals surface area contributed by atoms with E-state index in [9.17, 15) is 26.3 Å². The van der Waals surface area contributed by atoms with E-state index in [1.165, 1.54) is 5.12 Å². The molecule has 0 amide bonds. The Morgan fingerprint density at radius 1 is 1.07 bits per heavy atom. The number of nitrogens with one attached hydrogen (secondary N) is 4. The highest BCUT2D eigenvalue weighted by Crippen LogP contribution is 2.40. The number of alkyl halides is 6. The van der Waals surface area contributed by atoms with E-state index in [0.717, 1.165) is 25.1 Å². The zero-order chi connectivity index (χ0) is 31.0. The molecule has 1 aliphatic heterocycles. The lowest BCUT2D eigenvalue weighted by molar-refractivity contribution is -0.143. The predicted octanol–water partition coefficient (Wildman–Crippen LogP) is 5.26. The third kappa shape index (κ3) is 7.17. The van der Waals surface area contributed by atoms with Crippen LogP contribution in [-0.2, 0) is 25.4 Å². The molecule has 15 heteroatoms. The molecule has 0 bridgehead atoms. The molecule has 4 rings (SSSR count). The van der Waals surface area contributed by atoms with Crippen LogP contribution in [0.25, 0.3) is 0 Å². The van der Waals surface area contributed by atoms with Crippen LogP contribution in [0.4, 0.5) is 38.0 Å². The number of aromatic nitrogens is 1. The van der Waals surface area contributed by atoms with Gasteiger partial charge in [-0.2, -0.15) is 26.3 Å². The van der Waals surface area contributed by atoms with Gasteiger partial charge in [0.25, 0.3) is 0 Å². The van der Waals surface area contributed by atoms with Crippen molar-refractivity contribution in [3.63, 3.8) is 0 Å². The first-order chi connectivity index (χ1) is 19.6. The third-order valence-corrected chi connectivity index (χ3v) is 7.39. The van der Waals surface area contributed by atoms with Crippen LogP contribution in [0, 0.1) is 17.2 Å². The third-order valence-electron chi connectivity index (χ3n) is 7.39. The summed E-state index contributed by atoms with van der Waals surface area (Å²) in [6.07, 6.45) is -8.85. The Morgan fingerprint density at radius 2 is 1.69 bits per heavy atom. The van der Waals surface area contributed by atoms with Crippen molar-refractivity contribution in [2.75, 3.05) is 37.4 Å². The Bertz CT molecular complexity index is 1310. The van der Waals surface area contributed by atoms with Crippen LogP contribution in [-0.4, -0.2) is 53.9 Å². The van der Waals surface area contributed by atoms with Crippen molar-refractivity contribution in [1.82, 2.24) is 26.0 Å². The number of hydrogen-bond donors (Lipinski definition) is 4. The number of hydrazine groups is 2. The summed E-state index contributed by atoms with van der Waals surface area (Å²) in [5.41, 5.74) is 4.04. The number of pyridine rings is 1. The van der Waals surface area contributed by atoms with Crippen LogP contribution in [0.2, 0.25) is 0 Å². The number of hydrogen-bond acceptors (Lipinski definition) is 9. The molecule has 1 fully saturated rings. The van der Waals surface area contributed by atoms with E-state index in [0.29, 0.717) is 41.1 Å². The van der Waals surface area contributed by atoms with E-state index in [1.807, 2.05) is 6.92 Å². The summed E-state index contributed by atoms with van der Waals surface area (Å²) in [4.78, 5) is 8.51. The van der Waals surface area contributed by atoms with Gasteiger partial charge in [-0.05, 0) is 61.9 Å². The number of benzene rings is 1. The summed E-state index contributed by atoms with van der Waals surface area (Å²) in [5.74, 6) is 2.38. The van der Waals surface area contributed by atoms with Crippen LogP contribution in [0.15, 0.2) is 29.4 Å². The molecule has 4 N–H and O–H groups in total. The Hall–Kier alpha value is -3.75. The Labute approximate surface area is 240 Å². The van der Waals surface area contributed by atoms with Crippen molar-refractivity contribution < 1.29 is 26.3 Å². The van der Waals surface area contributed by atoms with Gasteiger partial charge in [-0.3, -0.25) is 5.43 Å². The van der Waals surface area contributed by atoms with Gasteiger partial charge >= 0.3 is 12.4 Å². The van der Waals surface area contributed by atoms with Gasteiger partial charge in [-0.1, -0.05) is 6.92 Å². The minimum absolute atomic E-state index is 0.0300. The minimum Gasteiger partial charge on any atom is -0.373 e. The molecule has 9 nitrogen and oxygen atoms in total. The number of halogens is 6. The Balaban J connectivity index is 1.80. The summed E-state index contributed by atoms with van der Waals surface area (Å²) in [7, 11) is 3.32. The molecular weight excluding hydrogens is 564 g/mol. The van der Waals surface area contributed by atoms with Crippen molar-refractivity contribution in [2.45, 2.75) is 52.6 Å². The van der Waals surface area contributed by atoms with Crippen molar-refractivity contribution in [1.29, 1.82) is 5.41 Å². The molecule has 2 atom stereocenters. The maximum atomic E-state index is 13.6. The lowest BCUT2D eigenvalue weighted by Crippen LogP contribution is -2.44. The second kappa shape index (κ2) is 11.9. The monoisotopic (exact) mass is 599 g/mol. The SMILES string of the molecule is CCN(CC1C[C@H]1C)c1nc(NC)c(C(C)=N)cc1CN(Cc1cc(C(F)(F)F)cc(C(F)(F)F)c1)C1=NNN(C)N1. The molecule has 1 unspecified atom stereocenters. The molecular formula is C27H35F6N9. The van der Waals surface area contributed by atoms with Crippen molar-refractivity contribution >= 4 is 23.3 Å². The van der Waals surface area contributed by atoms with E-state index >= 15 is 0 Å². The second-order valence-corrected chi connectivity index (χ2v) is 10.7. The maximum absolute atomic E-state index is 13.6. The van der Waals surface area contributed by atoms with E-state index in [4.69, 9.17) is 10.4 Å². The largest absolute Gasteiger partial charge is 0.416 e. The number of guanidine groups is 1. The van der Waals surface area contributed by atoms with Crippen molar-refractivity contribution in [3.8, 4) is 0 Å². The standard InChI is InChI=1S/C27H35F6N9/c1-6-41(13-18-7-15(18)2)24-19(10-22(16(3)34)23(35-4)36-24)14-42(25-37-39-40(5)38-25)12-17-8-20(26(28,29)30)11-21(9-17)27(31,32)33/h8-11,15,18,34,39H,6-7,12-14H2,1-5H3,(H,35,36)(H,37,38)/t15-,18?/m1/s1. The van der Waals surface area contributed by atoms with Gasteiger partial charge in [-0.25, -0.2) is 10.5 Å². The molecule has 0 saturated heterocycles. The first kappa shape index (κ1) is 31.2. The first-order valence-electron chi connectivity index (χ1n) is 13.5. The summed E-state index contributed by atoms with van der Waals surface area (Å²) >= 11 is 0. The molecule has 2 aliphatic rings. The highest BCUT2D eigenvalue weighted by Gasteiger charge is 2.38. The zero-order valence-electron chi connectivity index (χ0n) is 24.0. The minimum atomic E-state index is -4.97. The molecule has 1 aliphatic carbocycles. The lowest BCUT2D eigenvalue weighted by Gasteiger charge is -2.30. The van der Waals surface area contributed by atoms with Crippen LogP contribution in [0.3, 0.4) is 0 Å². The van der Waals surface area contributed by atoms with Gasteiger partial charge in [0.2, 0.25) is 5.96 Å². The summed E-state index contributed by atoms with van der Waals surface area (Å²) in [6, 6.07) is 3.35. The van der Waals surface area contributed by atoms with Crippen LogP contribution < -0.4 is 21.2 Å². The van der Waals surface area contributed by atoms with Gasteiger partial charge in [0, 0.05) is 57.1 Å². The summed E-state index contributed by atoms with van der Waals surface area (Å²) < 4.78 is 81.6. The number of rotatable bonds is 10. The molecule has 2 heterocycles. The average Bonchev–Trinajstić information content (AvgIpc) is 3.43. The fraction of sp³-hybridized carbons (Fsp3) is 0.519. The van der Waals surface area contributed by atoms with E-state index in [1.54, 1.807) is 32.0 Å². The molecule has 2 aromatic rings. The van der Waals surface area contributed by atoms with Gasteiger partial charge in [0.05, 0.1) is 11.1 Å². The predicted molar refractivity (Wildman–Crippen MR) is 149 cm³/mol. The molecule has 42 heavy (non-hydrogen) atoms. The topological polar surface area (TPSA) is 94.9 Å². The van der Waals surface area contributed by atoms with Crippen molar-refractivity contribution in [3.05, 3.63) is 52.1 Å². The quantitative estimate of drug-likeness (QED) is 0.219. The number of nitrogens with zero attached hydrogens (tertiary/aromatic N) is 5.